The van der Waals surface area contributed by atoms with Gasteiger partial charge in [0.25, 0.3) is 0 Å². The highest BCUT2D eigenvalue weighted by atomic mass is 33.1. The van der Waals surface area contributed by atoms with Crippen LogP contribution in [0.1, 0.15) is 0 Å². The van der Waals surface area contributed by atoms with Gasteiger partial charge in [0.15, 0.2) is 20.0 Å². The van der Waals surface area contributed by atoms with Gasteiger partial charge in [0.2, 0.25) is 0 Å². The monoisotopic (exact) mass is 220 g/mol. The first-order valence-corrected chi connectivity index (χ1v) is 7.65. The van der Waals surface area contributed by atoms with Gasteiger partial charge in [0, 0.05) is 11.5 Å². The zero-order valence-electron chi connectivity index (χ0n) is 5.02. The molecule has 0 saturated carbocycles. The van der Waals surface area contributed by atoms with E-state index < -0.39 is 20.0 Å². The second kappa shape index (κ2) is 6.62. The molecule has 0 spiro atoms. The van der Waals surface area contributed by atoms with Crippen LogP contribution in [0.2, 0.25) is 0 Å². The van der Waals surface area contributed by atoms with Crippen LogP contribution in [0.3, 0.4) is 0 Å². The van der Waals surface area contributed by atoms with Gasteiger partial charge in [-0.2, -0.15) is 0 Å². The molecule has 4 nitrogen and oxygen atoms in total. The second-order valence-corrected chi connectivity index (χ2v) is 6.88. The molecule has 0 aliphatic rings. The van der Waals surface area contributed by atoms with Crippen molar-refractivity contribution in [3.63, 3.8) is 0 Å². The minimum absolute atomic E-state index is 0.608. The van der Waals surface area contributed by atoms with Gasteiger partial charge in [0.1, 0.15) is 0 Å². The molecule has 0 rings (SSSR count). The molecule has 0 heterocycles. The van der Waals surface area contributed by atoms with Crippen molar-refractivity contribution in [2.24, 2.45) is 10.3 Å². The number of rotatable bonds is 5. The zero-order chi connectivity index (χ0) is 7.98. The van der Waals surface area contributed by atoms with Crippen molar-refractivity contribution in [2.45, 2.75) is 0 Å². The summed E-state index contributed by atoms with van der Waals surface area (Å²) in [6.07, 6.45) is 0. The summed E-state index contributed by atoms with van der Waals surface area (Å²) >= 11 is 0. The molecule has 0 radical (unpaired) electrons. The Kier molecular flexibility index (Phi) is 7.23. The Morgan fingerprint density at radius 1 is 1.00 bits per heavy atom. The number of hydrogen-bond acceptors (Lipinski definition) is 4. The molecule has 0 bridgehead atoms. The summed E-state index contributed by atoms with van der Waals surface area (Å²) in [6, 6.07) is 0. The van der Waals surface area contributed by atoms with Gasteiger partial charge in [-0.3, -0.25) is 0 Å². The molecule has 0 aromatic heterocycles. The summed E-state index contributed by atoms with van der Waals surface area (Å²) in [6.45, 7) is 0. The summed E-state index contributed by atoms with van der Waals surface area (Å²) in [4.78, 5) is 0. The fourth-order valence-corrected chi connectivity index (χ4v) is 3.32. The van der Waals surface area contributed by atoms with Crippen LogP contribution >= 0.6 is 21.6 Å². The van der Waals surface area contributed by atoms with Gasteiger partial charge in [0.05, 0.1) is 0 Å². The van der Waals surface area contributed by atoms with E-state index in [9.17, 15) is 8.42 Å². The van der Waals surface area contributed by atoms with Crippen LogP contribution in [-0.2, 0) is 20.0 Å². The molecular formula is C2H8N2O2S4. The first kappa shape index (κ1) is 10.9. The van der Waals surface area contributed by atoms with Crippen molar-refractivity contribution in [1.29, 1.82) is 0 Å². The van der Waals surface area contributed by atoms with E-state index in [1.807, 2.05) is 0 Å². The Bertz CT molecular complexity index is 123. The number of nitrogens with two attached hydrogens (primary N) is 2. The highest BCUT2D eigenvalue weighted by molar-refractivity contribution is 8.70. The Hall–Kier alpha value is 0.920. The maximum atomic E-state index is 10.2. The van der Waals surface area contributed by atoms with Crippen LogP contribution in [0.25, 0.3) is 0 Å². The fourth-order valence-electron chi connectivity index (χ4n) is 0.232. The van der Waals surface area contributed by atoms with Crippen LogP contribution in [0.4, 0.5) is 0 Å². The molecule has 0 fully saturated rings. The highest BCUT2D eigenvalue weighted by Gasteiger charge is 1.95. The average molecular weight is 220 g/mol. The van der Waals surface area contributed by atoms with Crippen LogP contribution < -0.4 is 10.3 Å². The van der Waals surface area contributed by atoms with Crippen molar-refractivity contribution in [2.75, 3.05) is 11.5 Å². The zero-order valence-corrected chi connectivity index (χ0v) is 8.28. The lowest BCUT2D eigenvalue weighted by atomic mass is 11.0. The summed E-state index contributed by atoms with van der Waals surface area (Å²) in [5, 5.41) is 9.86. The molecule has 2 atom stereocenters. The molecule has 0 saturated heterocycles. The highest BCUT2D eigenvalue weighted by Crippen LogP contribution is 2.08. The van der Waals surface area contributed by atoms with Crippen molar-refractivity contribution < 1.29 is 8.42 Å². The van der Waals surface area contributed by atoms with Crippen molar-refractivity contribution in [1.82, 2.24) is 0 Å². The first-order chi connectivity index (χ1) is 4.63. The van der Waals surface area contributed by atoms with Gasteiger partial charge >= 0.3 is 0 Å². The van der Waals surface area contributed by atoms with E-state index in [1.54, 1.807) is 0 Å². The molecule has 62 valence electrons. The van der Waals surface area contributed by atoms with Gasteiger partial charge in [-0.1, -0.05) is 0 Å². The van der Waals surface area contributed by atoms with Crippen LogP contribution in [0.15, 0.2) is 0 Å². The lowest BCUT2D eigenvalue weighted by Crippen LogP contribution is -2.01. The normalized spacial score (nSPS) is 16.6. The molecule has 0 aliphatic carbocycles. The lowest BCUT2D eigenvalue weighted by Gasteiger charge is -1.93. The second-order valence-electron chi connectivity index (χ2n) is 1.16. The topological polar surface area (TPSA) is 86.2 Å². The van der Waals surface area contributed by atoms with Gasteiger partial charge in [-0.05, 0) is 21.6 Å². The molecule has 8 heteroatoms. The summed E-state index contributed by atoms with van der Waals surface area (Å²) < 4.78 is 20.4. The molecule has 0 aromatic rings. The number of hydrogen-bond donors (Lipinski definition) is 2. The molecule has 0 aliphatic heterocycles. The van der Waals surface area contributed by atoms with E-state index in [1.165, 1.54) is 0 Å². The summed E-state index contributed by atoms with van der Waals surface area (Å²) in [5.41, 5.74) is 0. The predicted octanol–water partition coefficient (Wildman–Crippen LogP) is -0.472. The predicted molar refractivity (Wildman–Crippen MR) is 49.6 cm³/mol. The SMILES string of the molecule is NS(=O)SCCSS(N)=O. The minimum Gasteiger partial charge on any atom is -0.243 e. The maximum Gasteiger partial charge on any atom is 0.150 e. The molecule has 0 amide bonds. The van der Waals surface area contributed by atoms with E-state index in [0.29, 0.717) is 11.5 Å². The fraction of sp³-hybridized carbons (Fsp3) is 1.00. The Morgan fingerprint density at radius 3 is 1.50 bits per heavy atom. The van der Waals surface area contributed by atoms with E-state index in [2.05, 4.69) is 0 Å². The first-order valence-electron chi connectivity index (χ1n) is 2.22. The van der Waals surface area contributed by atoms with Crippen molar-refractivity contribution in [3.05, 3.63) is 0 Å². The third kappa shape index (κ3) is 8.92. The molecule has 2 unspecified atom stereocenters. The van der Waals surface area contributed by atoms with Crippen LogP contribution in [0.5, 0.6) is 0 Å². The third-order valence-electron chi connectivity index (χ3n) is 0.482. The standard InChI is InChI=1S/C2H8N2O2S4/c3-9(5)7-1-2-8-10(4)6/h1-4H2. The van der Waals surface area contributed by atoms with Crippen molar-refractivity contribution in [3.8, 4) is 0 Å². The summed E-state index contributed by atoms with van der Waals surface area (Å²) in [5.74, 6) is 1.22. The molecular weight excluding hydrogens is 212 g/mol. The van der Waals surface area contributed by atoms with Crippen LogP contribution in [-0.4, -0.2) is 19.9 Å². The average Bonchev–Trinajstić information content (AvgIpc) is 1.79. The van der Waals surface area contributed by atoms with E-state index in [-0.39, 0.29) is 0 Å². The van der Waals surface area contributed by atoms with Crippen LogP contribution in [0, 0.1) is 0 Å². The lowest BCUT2D eigenvalue weighted by molar-refractivity contribution is 0.691. The molecule has 10 heavy (non-hydrogen) atoms. The largest absolute Gasteiger partial charge is 0.243 e. The minimum atomic E-state index is -1.32. The summed E-state index contributed by atoms with van der Waals surface area (Å²) in [7, 11) is -0.409. The van der Waals surface area contributed by atoms with E-state index in [0.717, 1.165) is 21.6 Å². The van der Waals surface area contributed by atoms with Gasteiger partial charge in [-0.15, -0.1) is 0 Å². The van der Waals surface area contributed by atoms with E-state index >= 15 is 0 Å². The van der Waals surface area contributed by atoms with Gasteiger partial charge < -0.3 is 0 Å². The Labute approximate surface area is 71.8 Å². The van der Waals surface area contributed by atoms with E-state index in [4.69, 9.17) is 10.3 Å². The molecule has 0 aromatic carbocycles. The van der Waals surface area contributed by atoms with Gasteiger partial charge in [-0.25, -0.2) is 18.7 Å². The Balaban J connectivity index is 3.06. The maximum absolute atomic E-state index is 10.2. The van der Waals surface area contributed by atoms with Crippen molar-refractivity contribution >= 4 is 41.6 Å². The smallest absolute Gasteiger partial charge is 0.150 e. The molecule has 4 N–H and O–H groups in total. The third-order valence-corrected chi connectivity index (χ3v) is 4.34. The Morgan fingerprint density at radius 2 is 1.30 bits per heavy atom. The quantitative estimate of drug-likeness (QED) is 0.484.